The number of aliphatic hydroxyl groups excluding tert-OH is 1. The van der Waals surface area contributed by atoms with E-state index >= 15 is 0 Å². The van der Waals surface area contributed by atoms with Crippen LogP contribution in [0.15, 0.2) is 55.1 Å². The van der Waals surface area contributed by atoms with Crippen LogP contribution in [0.5, 0.6) is 0 Å². The van der Waals surface area contributed by atoms with Crippen LogP contribution in [0.25, 0.3) is 38.9 Å². The number of piperidine rings is 1. The van der Waals surface area contributed by atoms with Crippen molar-refractivity contribution in [2.75, 3.05) is 19.7 Å². The molecule has 4 aromatic heterocycles. The monoisotopic (exact) mass is 532 g/mol. The lowest BCUT2D eigenvalue weighted by Gasteiger charge is -2.20. The highest BCUT2D eigenvalue weighted by atomic mass is 35.5. The molecule has 5 heterocycles. The summed E-state index contributed by atoms with van der Waals surface area (Å²) in [6.45, 7) is 2.79. The molecule has 5 aromatic rings. The minimum atomic E-state index is -0.456. The van der Waals surface area contributed by atoms with E-state index in [0.717, 1.165) is 45.5 Å². The zero-order valence-electron chi connectivity index (χ0n) is 19.9. The lowest BCUT2D eigenvalue weighted by atomic mass is 10.1. The van der Waals surface area contributed by atoms with Gasteiger partial charge in [-0.1, -0.05) is 29.3 Å². The van der Waals surface area contributed by atoms with E-state index in [4.69, 9.17) is 33.2 Å². The quantitative estimate of drug-likeness (QED) is 0.366. The molecule has 0 spiro atoms. The molecule has 1 N–H and O–H groups in total. The van der Waals surface area contributed by atoms with Gasteiger partial charge in [-0.15, -0.1) is 0 Å². The maximum absolute atomic E-state index is 12.0. The van der Waals surface area contributed by atoms with E-state index in [1.54, 1.807) is 4.90 Å². The van der Waals surface area contributed by atoms with Crippen LogP contribution < -0.4 is 0 Å². The minimum Gasteiger partial charge on any atom is -0.387 e. The summed E-state index contributed by atoms with van der Waals surface area (Å²) in [5.41, 5.74) is 5.70. The van der Waals surface area contributed by atoms with Crippen molar-refractivity contribution in [3.63, 3.8) is 0 Å². The Kier molecular flexibility index (Phi) is 4.92. The number of amides is 1. The van der Waals surface area contributed by atoms with Crippen LogP contribution in [0.3, 0.4) is 0 Å². The first kappa shape index (κ1) is 22.7. The fourth-order valence-corrected chi connectivity index (χ4v) is 6.33. The maximum Gasteiger partial charge on any atom is 0.248 e. The highest BCUT2D eigenvalue weighted by molar-refractivity contribution is 6.39. The number of halogens is 2. The number of aromatic nitrogens is 5. The standard InChI is InChI=1S/C27H22Cl2N6O2/c1-15-25(24-20(28)3-2-4-21(24)29)32-26-19-7-16(9-30-22(19)5-6-34(15)26)17-10-31-35(11-17)27-8-18(27)12-33(14-27)23(37)13-36/h2-7,9-11,18,36H,8,12-14H2,1H3. The number of rotatable bonds is 4. The first-order valence-electron chi connectivity index (χ1n) is 12.1. The van der Waals surface area contributed by atoms with Gasteiger partial charge >= 0.3 is 0 Å². The van der Waals surface area contributed by atoms with Crippen LogP contribution in [-0.2, 0) is 10.3 Å². The molecule has 1 saturated carbocycles. The predicted molar refractivity (Wildman–Crippen MR) is 142 cm³/mol. The second-order valence-electron chi connectivity index (χ2n) is 9.92. The van der Waals surface area contributed by atoms with Gasteiger partial charge in [0, 0.05) is 65.4 Å². The maximum atomic E-state index is 12.0. The molecule has 186 valence electrons. The number of carbonyl (C=O) groups is 1. The normalized spacial score (nSPS) is 20.6. The molecular weight excluding hydrogens is 511 g/mol. The van der Waals surface area contributed by atoms with Gasteiger partial charge in [0.2, 0.25) is 5.91 Å². The Morgan fingerprint density at radius 1 is 1.19 bits per heavy atom. The number of aliphatic hydroxyl groups is 1. The summed E-state index contributed by atoms with van der Waals surface area (Å²) in [4.78, 5) is 23.4. The molecule has 8 nitrogen and oxygen atoms in total. The number of benzene rings is 1. The second kappa shape index (κ2) is 8.02. The van der Waals surface area contributed by atoms with E-state index in [-0.39, 0.29) is 11.4 Å². The number of likely N-dealkylation sites (tertiary alicyclic amines) is 1. The van der Waals surface area contributed by atoms with Gasteiger partial charge in [-0.05, 0) is 37.6 Å². The summed E-state index contributed by atoms with van der Waals surface area (Å²) < 4.78 is 4.02. The van der Waals surface area contributed by atoms with E-state index in [0.29, 0.717) is 34.6 Å². The second-order valence-corrected chi connectivity index (χ2v) is 10.7. The number of aryl methyl sites for hydroxylation is 1. The van der Waals surface area contributed by atoms with E-state index in [2.05, 4.69) is 11.2 Å². The van der Waals surface area contributed by atoms with E-state index in [1.807, 2.05) is 65.1 Å². The third-order valence-electron chi connectivity index (χ3n) is 7.86. The van der Waals surface area contributed by atoms with Gasteiger partial charge in [-0.2, -0.15) is 5.10 Å². The van der Waals surface area contributed by atoms with Gasteiger partial charge in [0.05, 0.1) is 33.0 Å². The molecule has 0 radical (unpaired) electrons. The Morgan fingerprint density at radius 3 is 2.78 bits per heavy atom. The summed E-state index contributed by atoms with van der Waals surface area (Å²) in [5.74, 6) is 0.141. The molecule has 1 amide bonds. The third-order valence-corrected chi connectivity index (χ3v) is 8.49. The molecule has 7 rings (SSSR count). The molecule has 1 saturated heterocycles. The zero-order valence-corrected chi connectivity index (χ0v) is 21.4. The van der Waals surface area contributed by atoms with Crippen molar-refractivity contribution in [2.45, 2.75) is 18.9 Å². The van der Waals surface area contributed by atoms with Crippen LogP contribution in [0.1, 0.15) is 12.1 Å². The highest BCUT2D eigenvalue weighted by Gasteiger charge is 2.63. The number of pyridine rings is 2. The topological polar surface area (TPSA) is 88.5 Å². The number of fused-ring (bicyclic) bond motifs is 4. The van der Waals surface area contributed by atoms with Gasteiger partial charge in [-0.25, -0.2) is 4.98 Å². The highest BCUT2D eigenvalue weighted by Crippen LogP contribution is 2.55. The van der Waals surface area contributed by atoms with Gasteiger partial charge in [0.1, 0.15) is 12.3 Å². The van der Waals surface area contributed by atoms with E-state index < -0.39 is 6.61 Å². The Hall–Kier alpha value is -3.46. The van der Waals surface area contributed by atoms with E-state index in [9.17, 15) is 9.90 Å². The molecule has 37 heavy (non-hydrogen) atoms. The van der Waals surface area contributed by atoms with Gasteiger partial charge in [0.25, 0.3) is 0 Å². The molecule has 2 unspecified atom stereocenters. The Labute approximate surface area is 222 Å². The fourth-order valence-electron chi connectivity index (χ4n) is 5.75. The van der Waals surface area contributed by atoms with Crippen LogP contribution in [0, 0.1) is 12.8 Å². The van der Waals surface area contributed by atoms with E-state index in [1.165, 1.54) is 0 Å². The Morgan fingerprint density at radius 2 is 2.00 bits per heavy atom. The average molecular weight is 533 g/mol. The minimum absolute atomic E-state index is 0.177. The summed E-state index contributed by atoms with van der Waals surface area (Å²) in [6.07, 6.45) is 8.67. The van der Waals surface area contributed by atoms with Crippen molar-refractivity contribution in [3.8, 4) is 22.4 Å². The van der Waals surface area contributed by atoms with Gasteiger partial charge in [-0.3, -0.25) is 14.5 Å². The van der Waals surface area contributed by atoms with Crippen molar-refractivity contribution in [1.82, 2.24) is 29.0 Å². The smallest absolute Gasteiger partial charge is 0.248 e. The molecular formula is C27H22Cl2N6O2. The predicted octanol–water partition coefficient (Wildman–Crippen LogP) is 4.58. The molecule has 0 bridgehead atoms. The lowest BCUT2D eigenvalue weighted by molar-refractivity contribution is -0.133. The summed E-state index contributed by atoms with van der Waals surface area (Å²) in [5, 5.41) is 15.9. The zero-order chi connectivity index (χ0) is 25.5. The molecule has 1 aliphatic carbocycles. The van der Waals surface area contributed by atoms with Gasteiger partial charge in [0.15, 0.2) is 0 Å². The van der Waals surface area contributed by atoms with Crippen LogP contribution in [0.2, 0.25) is 10.0 Å². The Balaban J connectivity index is 1.30. The Bertz CT molecular complexity index is 1720. The first-order valence-corrected chi connectivity index (χ1v) is 12.8. The number of nitrogens with zero attached hydrogens (tertiary/aromatic N) is 6. The van der Waals surface area contributed by atoms with Crippen LogP contribution in [-0.4, -0.2) is 59.8 Å². The fraction of sp³-hybridized carbons (Fsp3) is 0.259. The number of imidazole rings is 1. The van der Waals surface area contributed by atoms with Crippen molar-refractivity contribution in [2.24, 2.45) is 5.92 Å². The first-order chi connectivity index (χ1) is 17.9. The average Bonchev–Trinajstić information content (AvgIpc) is 3.26. The van der Waals surface area contributed by atoms with Crippen molar-refractivity contribution in [3.05, 3.63) is 70.9 Å². The van der Waals surface area contributed by atoms with Gasteiger partial charge < -0.3 is 14.4 Å². The van der Waals surface area contributed by atoms with Crippen LogP contribution >= 0.6 is 23.2 Å². The lowest BCUT2D eigenvalue weighted by Crippen LogP contribution is -2.36. The molecule has 10 heteroatoms. The molecule has 1 aromatic carbocycles. The third kappa shape index (κ3) is 3.32. The SMILES string of the molecule is Cc1c(-c2c(Cl)cccc2Cl)nc2c3cc(-c4cnn(C56CC5CN(C(=O)CO)C6)c4)cnc3ccn12. The van der Waals surface area contributed by atoms with Crippen molar-refractivity contribution < 1.29 is 9.90 Å². The molecule has 1 aliphatic heterocycles. The largest absolute Gasteiger partial charge is 0.387 e. The van der Waals surface area contributed by atoms with Crippen molar-refractivity contribution in [1.29, 1.82) is 0 Å². The van der Waals surface area contributed by atoms with Crippen molar-refractivity contribution >= 4 is 45.7 Å². The summed E-state index contributed by atoms with van der Waals surface area (Å²) >= 11 is 13.0. The number of hydrogen-bond donors (Lipinski definition) is 1. The molecule has 2 aliphatic rings. The summed E-state index contributed by atoms with van der Waals surface area (Å²) in [7, 11) is 0. The number of hydrogen-bond acceptors (Lipinski definition) is 5. The number of carbonyl (C=O) groups excluding carboxylic acids is 1. The molecule has 2 atom stereocenters. The summed E-state index contributed by atoms with van der Waals surface area (Å²) in [6, 6.07) is 9.51. The van der Waals surface area contributed by atoms with Crippen LogP contribution in [0.4, 0.5) is 0 Å². The molecule has 2 fully saturated rings.